The summed E-state index contributed by atoms with van der Waals surface area (Å²) in [4.78, 5) is 14.0. The predicted molar refractivity (Wildman–Crippen MR) is 153 cm³/mol. The summed E-state index contributed by atoms with van der Waals surface area (Å²) in [6, 6.07) is 19.6. The molecule has 1 spiro atoms. The summed E-state index contributed by atoms with van der Waals surface area (Å²) < 4.78 is 31.8. The Hall–Kier alpha value is -2.94. The van der Waals surface area contributed by atoms with Crippen molar-refractivity contribution in [3.63, 3.8) is 0 Å². The first-order valence-electron chi connectivity index (χ1n) is 12.1. The third-order valence-electron chi connectivity index (χ3n) is 7.45. The normalized spacial score (nSPS) is 23.8. The second kappa shape index (κ2) is 9.98. The van der Waals surface area contributed by atoms with Crippen LogP contribution in [0.2, 0.25) is 5.02 Å². The van der Waals surface area contributed by atoms with E-state index in [2.05, 4.69) is 33.0 Å². The highest BCUT2D eigenvalue weighted by molar-refractivity contribution is 9.10. The fourth-order valence-electron chi connectivity index (χ4n) is 5.73. The zero-order valence-electron chi connectivity index (χ0n) is 20.9. The van der Waals surface area contributed by atoms with Gasteiger partial charge in [0, 0.05) is 27.0 Å². The van der Waals surface area contributed by atoms with Gasteiger partial charge in [-0.25, -0.2) is 0 Å². The van der Waals surface area contributed by atoms with Gasteiger partial charge < -0.3 is 5.32 Å². The molecule has 0 aromatic heterocycles. The van der Waals surface area contributed by atoms with Crippen LogP contribution in [0, 0.1) is 12.8 Å². The number of amides is 1. The van der Waals surface area contributed by atoms with Gasteiger partial charge in [0.2, 0.25) is 5.91 Å². The highest BCUT2D eigenvalue weighted by Crippen LogP contribution is 2.58. The van der Waals surface area contributed by atoms with E-state index in [0.29, 0.717) is 23.6 Å². The molecule has 0 unspecified atom stereocenters. The number of rotatable bonds is 5. The third-order valence-corrected chi connectivity index (χ3v) is 9.30. The lowest BCUT2D eigenvalue weighted by molar-refractivity contribution is -0.123. The first-order chi connectivity index (χ1) is 18.0. The molecule has 3 aromatic carbocycles. The Labute approximate surface area is 236 Å². The number of nitrogens with one attached hydrogen (secondary N) is 1. The van der Waals surface area contributed by atoms with Crippen molar-refractivity contribution in [1.29, 1.82) is 0 Å². The summed E-state index contributed by atoms with van der Waals surface area (Å²) in [6.45, 7) is 8.00. The first-order valence-corrected chi connectivity index (χ1v) is 14.7. The van der Waals surface area contributed by atoms with Gasteiger partial charge in [-0.3, -0.25) is 9.08 Å². The van der Waals surface area contributed by atoms with Gasteiger partial charge in [0.05, 0.1) is 11.1 Å². The molecule has 3 aromatic rings. The predicted octanol–water partition coefficient (Wildman–Crippen LogP) is 7.13. The Morgan fingerprint density at radius 3 is 2.55 bits per heavy atom. The van der Waals surface area contributed by atoms with Gasteiger partial charge in [-0.2, -0.15) is 8.42 Å². The monoisotopic (exact) mass is 612 g/mol. The number of nitrogens with zero attached hydrogens (tertiary/aromatic N) is 1. The van der Waals surface area contributed by atoms with E-state index < -0.39 is 21.5 Å². The molecule has 6 nitrogen and oxygen atoms in total. The van der Waals surface area contributed by atoms with E-state index in [1.54, 1.807) is 18.2 Å². The zero-order chi connectivity index (χ0) is 27.2. The van der Waals surface area contributed by atoms with Crippen LogP contribution in [0.1, 0.15) is 42.4 Å². The Kier molecular flexibility index (Phi) is 7.00. The van der Waals surface area contributed by atoms with Crippen LogP contribution >= 0.6 is 27.5 Å². The highest BCUT2D eigenvalue weighted by Gasteiger charge is 2.60. The Balaban J connectivity index is 1.63. The van der Waals surface area contributed by atoms with Crippen LogP contribution in [0.4, 0.5) is 5.69 Å². The summed E-state index contributed by atoms with van der Waals surface area (Å²) in [5.41, 5.74) is 3.73. The van der Waals surface area contributed by atoms with Crippen LogP contribution in [0.15, 0.2) is 93.4 Å². The van der Waals surface area contributed by atoms with E-state index in [-0.39, 0.29) is 16.7 Å². The number of carbonyl (C=O) groups is 1. The zero-order valence-corrected chi connectivity index (χ0v) is 24.0. The number of aryl methyl sites for hydroxylation is 1. The molecule has 1 aliphatic carbocycles. The fourth-order valence-corrected chi connectivity index (χ4v) is 7.05. The van der Waals surface area contributed by atoms with Gasteiger partial charge >= 0.3 is 10.1 Å². The van der Waals surface area contributed by atoms with Crippen molar-refractivity contribution in [2.45, 2.75) is 42.9 Å². The molecule has 9 heteroatoms. The number of hydrogen-bond donors (Lipinski definition) is 1. The fraction of sp³-hybridized carbons (Fsp3) is 0.241. The molecule has 0 radical (unpaired) electrons. The summed E-state index contributed by atoms with van der Waals surface area (Å²) >= 11 is 9.90. The molecule has 1 fully saturated rings. The molecular formula is C29H26BrClN2O4S. The minimum absolute atomic E-state index is 0.0252. The van der Waals surface area contributed by atoms with E-state index in [1.807, 2.05) is 50.2 Å². The summed E-state index contributed by atoms with van der Waals surface area (Å²) in [5.74, 6) is -0.897. The molecule has 1 N–H and O–H groups in total. The number of halogens is 2. The quantitative estimate of drug-likeness (QED) is 0.245. The first kappa shape index (κ1) is 26.7. The van der Waals surface area contributed by atoms with Crippen molar-refractivity contribution in [2.75, 3.05) is 5.32 Å². The highest BCUT2D eigenvalue weighted by atomic mass is 79.9. The van der Waals surface area contributed by atoms with E-state index in [4.69, 9.17) is 15.9 Å². The van der Waals surface area contributed by atoms with Gasteiger partial charge in [0.15, 0.2) is 0 Å². The Bertz CT molecular complexity index is 1590. The molecule has 196 valence electrons. The number of oxime groups is 1. The van der Waals surface area contributed by atoms with Crippen LogP contribution in [-0.2, 0) is 24.6 Å². The molecule has 1 aliphatic heterocycles. The van der Waals surface area contributed by atoms with Crippen LogP contribution in [0.25, 0.3) is 0 Å². The van der Waals surface area contributed by atoms with Crippen molar-refractivity contribution in [2.24, 2.45) is 11.1 Å². The number of anilines is 1. The molecule has 1 heterocycles. The molecule has 0 bridgehead atoms. The lowest BCUT2D eigenvalue weighted by Gasteiger charge is -2.47. The third kappa shape index (κ3) is 4.59. The lowest BCUT2D eigenvalue weighted by Crippen LogP contribution is -2.51. The number of fused-ring (bicyclic) bond motifs is 2. The molecule has 5 rings (SSSR count). The topological polar surface area (TPSA) is 84.8 Å². The molecule has 3 atom stereocenters. The van der Waals surface area contributed by atoms with Gasteiger partial charge in [0.1, 0.15) is 4.90 Å². The molecule has 38 heavy (non-hydrogen) atoms. The van der Waals surface area contributed by atoms with Crippen LogP contribution in [0.5, 0.6) is 0 Å². The van der Waals surface area contributed by atoms with Gasteiger partial charge in [-0.15, -0.1) is 0 Å². The van der Waals surface area contributed by atoms with Crippen LogP contribution < -0.4 is 5.32 Å². The largest absolute Gasteiger partial charge is 0.358 e. The van der Waals surface area contributed by atoms with Crippen LogP contribution in [0.3, 0.4) is 0 Å². The molecular weight excluding hydrogens is 588 g/mol. The summed E-state index contributed by atoms with van der Waals surface area (Å²) in [6.07, 6.45) is 0.620. The van der Waals surface area contributed by atoms with Gasteiger partial charge in [-0.05, 0) is 74.2 Å². The number of carbonyl (C=O) groups excluding carboxylic acids is 1. The second-order valence-corrected chi connectivity index (χ2v) is 12.8. The van der Waals surface area contributed by atoms with E-state index in [1.165, 1.54) is 12.1 Å². The Morgan fingerprint density at radius 2 is 1.87 bits per heavy atom. The van der Waals surface area contributed by atoms with E-state index >= 15 is 0 Å². The van der Waals surface area contributed by atoms with Crippen molar-refractivity contribution in [3.05, 3.63) is 105 Å². The van der Waals surface area contributed by atoms with Crippen molar-refractivity contribution < 1.29 is 17.5 Å². The average molecular weight is 614 g/mol. The molecule has 2 aliphatic rings. The smallest absolute Gasteiger partial charge is 0.325 e. The Morgan fingerprint density at radius 1 is 1.13 bits per heavy atom. The lowest BCUT2D eigenvalue weighted by atomic mass is 9.54. The minimum Gasteiger partial charge on any atom is -0.325 e. The maximum atomic E-state index is 14.0. The number of allylic oxidation sites excluding steroid dienone is 1. The van der Waals surface area contributed by atoms with E-state index in [9.17, 15) is 13.2 Å². The molecule has 1 amide bonds. The molecule has 1 saturated carbocycles. The minimum atomic E-state index is -4.11. The number of benzene rings is 3. The summed E-state index contributed by atoms with van der Waals surface area (Å²) in [7, 11) is -4.11. The van der Waals surface area contributed by atoms with Gasteiger partial charge in [-0.1, -0.05) is 80.7 Å². The second-order valence-electron chi connectivity index (χ2n) is 9.93. The van der Waals surface area contributed by atoms with E-state index in [0.717, 1.165) is 32.4 Å². The average Bonchev–Trinajstić information content (AvgIpc) is 3.14. The standard InChI is InChI=1S/C29H26BrClN2O4S/c1-17(2)25-15-22(33-37-38(35,36)23-10-7-18(3)8-11-23)16-26(19-5-4-6-21(31)13-19)29(25)24-12-9-20(30)14-27(24)32-28(29)34/h4-14,25-26H,1,15-16H2,2-3H3,(H,32,34)/t25-,26-,29-/m0/s1. The maximum Gasteiger partial charge on any atom is 0.358 e. The maximum absolute atomic E-state index is 14.0. The number of hydrogen-bond acceptors (Lipinski definition) is 5. The summed E-state index contributed by atoms with van der Waals surface area (Å²) in [5, 5.41) is 7.78. The van der Waals surface area contributed by atoms with Crippen molar-refractivity contribution >= 4 is 55.0 Å². The van der Waals surface area contributed by atoms with Crippen LogP contribution in [-0.4, -0.2) is 20.0 Å². The van der Waals surface area contributed by atoms with Crippen molar-refractivity contribution in [3.8, 4) is 0 Å². The SMILES string of the molecule is C=C(C)[C@@H]1CC(=NOS(=O)(=O)c2ccc(C)cc2)C[C@@H](c2cccc(Cl)c2)[C@@]12C(=O)Nc1cc(Br)ccc12. The van der Waals surface area contributed by atoms with Gasteiger partial charge in [0.25, 0.3) is 0 Å². The molecule has 0 saturated heterocycles. The van der Waals surface area contributed by atoms with Crippen molar-refractivity contribution in [1.82, 2.24) is 0 Å².